The van der Waals surface area contributed by atoms with Crippen LogP contribution in [0.3, 0.4) is 0 Å². The molecule has 6 heteroatoms. The van der Waals surface area contributed by atoms with Crippen LogP contribution in [0.5, 0.6) is 5.75 Å². The third-order valence-electron chi connectivity index (χ3n) is 3.40. The average Bonchev–Trinajstić information content (AvgIpc) is 2.60. The number of carboxylic acids is 1. The predicted molar refractivity (Wildman–Crippen MR) is 87.9 cm³/mol. The smallest absolute Gasteiger partial charge is 0.408 e. The summed E-state index contributed by atoms with van der Waals surface area (Å²) in [5, 5.41) is 11.6. The SMILES string of the molecule is COc1ccc(COC(=O)NC(Cc2ccccc2)C(=O)O)cc1. The lowest BCUT2D eigenvalue weighted by Crippen LogP contribution is -2.42. The van der Waals surface area contributed by atoms with Crippen LogP contribution in [0.15, 0.2) is 54.6 Å². The number of methoxy groups -OCH3 is 1. The molecule has 0 fully saturated rings. The molecule has 6 nitrogen and oxygen atoms in total. The van der Waals surface area contributed by atoms with E-state index in [-0.39, 0.29) is 13.0 Å². The molecular formula is C18H19NO5. The molecule has 1 unspecified atom stereocenters. The molecule has 2 aromatic carbocycles. The van der Waals surface area contributed by atoms with Crippen molar-refractivity contribution in [3.63, 3.8) is 0 Å². The Morgan fingerprint density at radius 2 is 1.71 bits per heavy atom. The third-order valence-corrected chi connectivity index (χ3v) is 3.40. The largest absolute Gasteiger partial charge is 0.497 e. The van der Waals surface area contributed by atoms with Gasteiger partial charge in [-0.1, -0.05) is 42.5 Å². The van der Waals surface area contributed by atoms with E-state index in [0.29, 0.717) is 5.75 Å². The zero-order valence-corrected chi connectivity index (χ0v) is 13.3. The van der Waals surface area contributed by atoms with Gasteiger partial charge in [0.25, 0.3) is 0 Å². The maximum Gasteiger partial charge on any atom is 0.408 e. The van der Waals surface area contributed by atoms with Gasteiger partial charge in [0.15, 0.2) is 0 Å². The number of ether oxygens (including phenoxy) is 2. The minimum atomic E-state index is -1.11. The van der Waals surface area contributed by atoms with Gasteiger partial charge in [0.05, 0.1) is 7.11 Å². The fraction of sp³-hybridized carbons (Fsp3) is 0.222. The number of benzene rings is 2. The first kappa shape index (κ1) is 17.3. The van der Waals surface area contributed by atoms with Gasteiger partial charge in [0.2, 0.25) is 0 Å². The highest BCUT2D eigenvalue weighted by atomic mass is 16.5. The molecule has 0 aliphatic rings. The fourth-order valence-electron chi connectivity index (χ4n) is 2.10. The van der Waals surface area contributed by atoms with Gasteiger partial charge in [-0.2, -0.15) is 0 Å². The minimum Gasteiger partial charge on any atom is -0.497 e. The third kappa shape index (κ3) is 5.31. The van der Waals surface area contributed by atoms with Crippen LogP contribution < -0.4 is 10.1 Å². The summed E-state index contributed by atoms with van der Waals surface area (Å²) in [5.74, 6) is -0.405. The molecule has 0 bridgehead atoms. The molecule has 2 rings (SSSR count). The van der Waals surface area contributed by atoms with E-state index < -0.39 is 18.1 Å². The summed E-state index contributed by atoms with van der Waals surface area (Å²) in [6.45, 7) is 0.0491. The summed E-state index contributed by atoms with van der Waals surface area (Å²) >= 11 is 0. The lowest BCUT2D eigenvalue weighted by atomic mass is 10.1. The molecule has 0 spiro atoms. The summed E-state index contributed by atoms with van der Waals surface area (Å²) in [7, 11) is 1.57. The molecule has 1 amide bonds. The molecule has 0 saturated carbocycles. The van der Waals surface area contributed by atoms with Gasteiger partial charge in [-0.05, 0) is 23.3 Å². The van der Waals surface area contributed by atoms with Crippen molar-refractivity contribution in [1.29, 1.82) is 0 Å². The van der Waals surface area contributed by atoms with Crippen molar-refractivity contribution < 1.29 is 24.2 Å². The van der Waals surface area contributed by atoms with Gasteiger partial charge >= 0.3 is 12.1 Å². The summed E-state index contributed by atoms with van der Waals surface area (Å²) in [4.78, 5) is 23.1. The zero-order chi connectivity index (χ0) is 17.4. The normalized spacial score (nSPS) is 11.4. The van der Waals surface area contributed by atoms with Crippen LogP contribution in [0.25, 0.3) is 0 Å². The first-order valence-electron chi connectivity index (χ1n) is 7.41. The molecule has 24 heavy (non-hydrogen) atoms. The number of alkyl carbamates (subject to hydrolysis) is 1. The second-order valence-corrected chi connectivity index (χ2v) is 5.15. The van der Waals surface area contributed by atoms with Crippen LogP contribution in [0.2, 0.25) is 0 Å². The van der Waals surface area contributed by atoms with E-state index in [1.54, 1.807) is 43.5 Å². The standard InChI is InChI=1S/C18H19NO5/c1-23-15-9-7-14(8-10-15)12-24-18(22)19-16(17(20)21)11-13-5-3-2-4-6-13/h2-10,16H,11-12H2,1H3,(H,19,22)(H,20,21). The Morgan fingerprint density at radius 1 is 1.04 bits per heavy atom. The van der Waals surface area contributed by atoms with Crippen LogP contribution in [-0.2, 0) is 22.6 Å². The number of carbonyl (C=O) groups is 2. The number of amides is 1. The van der Waals surface area contributed by atoms with Gasteiger partial charge in [-0.3, -0.25) is 0 Å². The van der Waals surface area contributed by atoms with E-state index >= 15 is 0 Å². The van der Waals surface area contributed by atoms with Crippen LogP contribution in [-0.4, -0.2) is 30.3 Å². The monoisotopic (exact) mass is 329 g/mol. The first-order chi connectivity index (χ1) is 11.6. The second kappa shape index (κ2) is 8.57. The van der Waals surface area contributed by atoms with Crippen molar-refractivity contribution >= 4 is 12.1 Å². The highest BCUT2D eigenvalue weighted by molar-refractivity contribution is 5.80. The molecule has 0 heterocycles. The van der Waals surface area contributed by atoms with Crippen molar-refractivity contribution in [2.75, 3.05) is 7.11 Å². The summed E-state index contributed by atoms with van der Waals surface area (Å²) in [5.41, 5.74) is 1.60. The van der Waals surface area contributed by atoms with Crippen LogP contribution in [0.4, 0.5) is 4.79 Å². The van der Waals surface area contributed by atoms with Crippen LogP contribution >= 0.6 is 0 Å². The number of nitrogens with one attached hydrogen (secondary N) is 1. The van der Waals surface area contributed by atoms with E-state index in [1.807, 2.05) is 18.2 Å². The number of hydrogen-bond donors (Lipinski definition) is 2. The summed E-state index contributed by atoms with van der Waals surface area (Å²) in [6.07, 6.45) is -0.581. The maximum absolute atomic E-state index is 11.8. The quantitative estimate of drug-likeness (QED) is 0.815. The lowest BCUT2D eigenvalue weighted by molar-refractivity contribution is -0.139. The first-order valence-corrected chi connectivity index (χ1v) is 7.41. The predicted octanol–water partition coefficient (Wildman–Crippen LogP) is 2.62. The number of hydrogen-bond acceptors (Lipinski definition) is 4. The van der Waals surface area contributed by atoms with E-state index in [4.69, 9.17) is 9.47 Å². The highest BCUT2D eigenvalue weighted by Crippen LogP contribution is 2.12. The van der Waals surface area contributed by atoms with E-state index in [1.165, 1.54) is 0 Å². The topological polar surface area (TPSA) is 84.9 Å². The van der Waals surface area contributed by atoms with Gasteiger partial charge in [0, 0.05) is 6.42 Å². The Bertz CT molecular complexity index is 670. The molecule has 126 valence electrons. The fourth-order valence-corrected chi connectivity index (χ4v) is 2.10. The van der Waals surface area contributed by atoms with Gasteiger partial charge in [-0.15, -0.1) is 0 Å². The Kier molecular flexibility index (Phi) is 6.19. The second-order valence-electron chi connectivity index (χ2n) is 5.15. The zero-order valence-electron chi connectivity index (χ0n) is 13.3. The minimum absolute atomic E-state index is 0.0491. The Hall–Kier alpha value is -3.02. The number of aliphatic carboxylic acids is 1. The molecule has 0 saturated heterocycles. The molecular weight excluding hydrogens is 310 g/mol. The molecule has 0 radical (unpaired) electrons. The lowest BCUT2D eigenvalue weighted by Gasteiger charge is -2.14. The van der Waals surface area contributed by atoms with E-state index in [9.17, 15) is 14.7 Å². The number of carbonyl (C=O) groups excluding carboxylic acids is 1. The number of carboxylic acid groups (broad SMARTS) is 1. The summed E-state index contributed by atoms with van der Waals surface area (Å²) in [6, 6.07) is 15.1. The highest BCUT2D eigenvalue weighted by Gasteiger charge is 2.21. The van der Waals surface area contributed by atoms with Crippen molar-refractivity contribution in [1.82, 2.24) is 5.32 Å². The summed E-state index contributed by atoms with van der Waals surface area (Å²) < 4.78 is 10.1. The van der Waals surface area contributed by atoms with Gasteiger partial charge in [-0.25, -0.2) is 9.59 Å². The van der Waals surface area contributed by atoms with E-state index in [2.05, 4.69) is 5.32 Å². The van der Waals surface area contributed by atoms with Crippen molar-refractivity contribution in [2.45, 2.75) is 19.1 Å². The molecule has 0 aromatic heterocycles. The van der Waals surface area contributed by atoms with Crippen molar-refractivity contribution in [2.24, 2.45) is 0 Å². The van der Waals surface area contributed by atoms with Gasteiger partial charge < -0.3 is 19.9 Å². The molecule has 2 aromatic rings. The van der Waals surface area contributed by atoms with Crippen molar-refractivity contribution in [3.05, 3.63) is 65.7 Å². The number of rotatable bonds is 7. The molecule has 1 atom stereocenters. The Balaban J connectivity index is 1.87. The van der Waals surface area contributed by atoms with Crippen LogP contribution in [0.1, 0.15) is 11.1 Å². The van der Waals surface area contributed by atoms with Crippen LogP contribution in [0, 0.1) is 0 Å². The Morgan fingerprint density at radius 3 is 2.29 bits per heavy atom. The average molecular weight is 329 g/mol. The van der Waals surface area contributed by atoms with Crippen molar-refractivity contribution in [3.8, 4) is 5.75 Å². The molecule has 0 aliphatic heterocycles. The Labute approximate surface area is 140 Å². The molecule has 0 aliphatic carbocycles. The molecule has 2 N–H and O–H groups in total. The van der Waals surface area contributed by atoms with E-state index in [0.717, 1.165) is 11.1 Å². The van der Waals surface area contributed by atoms with Gasteiger partial charge in [0.1, 0.15) is 18.4 Å². The maximum atomic E-state index is 11.8.